The number of aromatic nitrogens is 1. The first-order valence-electron chi connectivity index (χ1n) is 5.52. The maximum atomic E-state index is 10.7. The third-order valence-electron chi connectivity index (χ3n) is 2.39. The summed E-state index contributed by atoms with van der Waals surface area (Å²) in [4.78, 5) is 14.0. The fourth-order valence-corrected chi connectivity index (χ4v) is 1.73. The van der Waals surface area contributed by atoms with Gasteiger partial charge in [0.15, 0.2) is 11.6 Å². The Morgan fingerprint density at radius 1 is 1.40 bits per heavy atom. The van der Waals surface area contributed by atoms with Crippen molar-refractivity contribution in [2.75, 3.05) is 0 Å². The summed E-state index contributed by atoms with van der Waals surface area (Å²) in [6.07, 6.45) is 1.57. The Morgan fingerprint density at radius 3 is 2.85 bits per heavy atom. The highest BCUT2D eigenvalue weighted by atomic mass is 35.5. The molecule has 2 aromatic rings. The number of nitro groups is 1. The van der Waals surface area contributed by atoms with E-state index in [1.54, 1.807) is 24.4 Å². The van der Waals surface area contributed by atoms with Crippen LogP contribution in [-0.4, -0.2) is 15.0 Å². The zero-order valence-electron chi connectivity index (χ0n) is 10.1. The lowest BCUT2D eigenvalue weighted by Gasteiger charge is -2.02. The molecule has 0 bridgehead atoms. The van der Waals surface area contributed by atoms with E-state index >= 15 is 0 Å². The van der Waals surface area contributed by atoms with E-state index < -0.39 is 16.4 Å². The first-order valence-corrected chi connectivity index (χ1v) is 5.90. The zero-order chi connectivity index (χ0) is 14.5. The third-order valence-corrected chi connectivity index (χ3v) is 2.61. The first-order chi connectivity index (χ1) is 9.58. The summed E-state index contributed by atoms with van der Waals surface area (Å²) in [7, 11) is 0. The molecule has 0 saturated heterocycles. The molecule has 0 unspecified atom stereocenters. The van der Waals surface area contributed by atoms with E-state index in [1.165, 1.54) is 6.07 Å². The van der Waals surface area contributed by atoms with Crippen LogP contribution in [0.3, 0.4) is 0 Å². The molecule has 20 heavy (non-hydrogen) atoms. The van der Waals surface area contributed by atoms with Gasteiger partial charge in [0, 0.05) is 22.8 Å². The number of nitrogens with zero attached hydrogens (tertiary/aromatic N) is 4. The molecule has 0 amide bonds. The topological polar surface area (TPSA) is 101 Å². The Kier molecular flexibility index (Phi) is 4.21. The van der Waals surface area contributed by atoms with Gasteiger partial charge in [-0.25, -0.2) is 4.98 Å². The minimum absolute atomic E-state index is 0.0379. The average molecular weight is 293 g/mol. The minimum atomic E-state index is -0.708. The summed E-state index contributed by atoms with van der Waals surface area (Å²) in [5.41, 5.74) is -0.232. The van der Waals surface area contributed by atoms with Crippen molar-refractivity contribution in [1.29, 1.82) is 0 Å². The molecule has 102 valence electrons. The minimum Gasteiger partial charge on any atom is -0.502 e. The number of hydrogen-bond acceptors (Lipinski definition) is 6. The normalized spacial score (nSPS) is 10.8. The van der Waals surface area contributed by atoms with Crippen molar-refractivity contribution in [3.63, 3.8) is 0 Å². The van der Waals surface area contributed by atoms with Crippen LogP contribution in [0.1, 0.15) is 5.56 Å². The molecule has 0 fully saturated rings. The van der Waals surface area contributed by atoms with Crippen molar-refractivity contribution < 1.29 is 10.0 Å². The standard InChI is InChI=1S/C12H9ClN4O3/c13-9-5-8(12(18)10(6-9)17(19)20)7-15-16-11-3-1-2-4-14-11/h1-6,18H,7H2. The number of benzene rings is 1. The van der Waals surface area contributed by atoms with Gasteiger partial charge in [-0.1, -0.05) is 17.7 Å². The summed E-state index contributed by atoms with van der Waals surface area (Å²) < 4.78 is 0. The second-order valence-electron chi connectivity index (χ2n) is 3.78. The lowest BCUT2D eigenvalue weighted by atomic mass is 10.2. The highest BCUT2D eigenvalue weighted by Crippen LogP contribution is 2.33. The lowest BCUT2D eigenvalue weighted by molar-refractivity contribution is -0.385. The van der Waals surface area contributed by atoms with Crippen LogP contribution >= 0.6 is 11.6 Å². The average Bonchev–Trinajstić information content (AvgIpc) is 2.43. The van der Waals surface area contributed by atoms with Gasteiger partial charge in [-0.2, -0.15) is 5.11 Å². The molecule has 1 aromatic carbocycles. The Labute approximate surface area is 118 Å². The zero-order valence-corrected chi connectivity index (χ0v) is 10.9. The molecule has 1 aromatic heterocycles. The van der Waals surface area contributed by atoms with Crippen molar-refractivity contribution in [2.24, 2.45) is 10.2 Å². The van der Waals surface area contributed by atoms with Gasteiger partial charge in [-0.15, -0.1) is 5.11 Å². The predicted octanol–water partition coefficient (Wildman–Crippen LogP) is 3.63. The van der Waals surface area contributed by atoms with E-state index in [1.807, 2.05) is 0 Å². The van der Waals surface area contributed by atoms with Crippen molar-refractivity contribution in [1.82, 2.24) is 4.98 Å². The number of pyridine rings is 1. The number of azo groups is 1. The highest BCUT2D eigenvalue weighted by Gasteiger charge is 2.18. The summed E-state index contributed by atoms with van der Waals surface area (Å²) in [5, 5.41) is 28.3. The smallest absolute Gasteiger partial charge is 0.312 e. The van der Waals surface area contributed by atoms with E-state index in [4.69, 9.17) is 11.6 Å². The largest absolute Gasteiger partial charge is 0.502 e. The van der Waals surface area contributed by atoms with E-state index in [2.05, 4.69) is 15.2 Å². The number of halogens is 1. The summed E-state index contributed by atoms with van der Waals surface area (Å²) in [6, 6.07) is 7.63. The fourth-order valence-electron chi connectivity index (χ4n) is 1.50. The number of rotatable bonds is 4. The van der Waals surface area contributed by atoms with E-state index in [9.17, 15) is 15.2 Å². The van der Waals surface area contributed by atoms with Crippen LogP contribution in [0.4, 0.5) is 11.5 Å². The third kappa shape index (κ3) is 3.27. The molecule has 1 heterocycles. The van der Waals surface area contributed by atoms with Gasteiger partial charge in [0.25, 0.3) is 0 Å². The highest BCUT2D eigenvalue weighted by molar-refractivity contribution is 6.31. The molecule has 0 aliphatic rings. The van der Waals surface area contributed by atoms with Gasteiger partial charge in [0.2, 0.25) is 0 Å². The fraction of sp³-hybridized carbons (Fsp3) is 0.0833. The van der Waals surface area contributed by atoms with Gasteiger partial charge in [-0.3, -0.25) is 10.1 Å². The second kappa shape index (κ2) is 6.07. The molecule has 2 rings (SSSR count). The second-order valence-corrected chi connectivity index (χ2v) is 4.21. The van der Waals surface area contributed by atoms with E-state index in [0.29, 0.717) is 5.82 Å². The SMILES string of the molecule is O=[N+]([O-])c1cc(Cl)cc(CN=Nc2ccccn2)c1O. The molecule has 0 radical (unpaired) electrons. The Hall–Kier alpha value is -2.54. The molecule has 1 N–H and O–H groups in total. The summed E-state index contributed by atoms with van der Waals surface area (Å²) >= 11 is 5.76. The van der Waals surface area contributed by atoms with Crippen molar-refractivity contribution in [3.05, 3.63) is 57.2 Å². The Morgan fingerprint density at radius 2 is 2.20 bits per heavy atom. The van der Waals surface area contributed by atoms with Gasteiger partial charge in [0.1, 0.15) is 0 Å². The number of aromatic hydroxyl groups is 1. The maximum absolute atomic E-state index is 10.7. The van der Waals surface area contributed by atoms with Crippen molar-refractivity contribution in [2.45, 2.75) is 6.54 Å². The van der Waals surface area contributed by atoms with E-state index in [0.717, 1.165) is 6.07 Å². The number of phenolic OH excluding ortho intramolecular Hbond substituents is 1. The molecule has 0 saturated carbocycles. The number of nitro benzene ring substituents is 1. The molecule has 7 nitrogen and oxygen atoms in total. The molecule has 0 aliphatic heterocycles. The number of hydrogen-bond donors (Lipinski definition) is 1. The predicted molar refractivity (Wildman–Crippen MR) is 72.2 cm³/mol. The van der Waals surface area contributed by atoms with Crippen molar-refractivity contribution in [3.8, 4) is 5.75 Å². The molecule has 0 aliphatic carbocycles. The molecular weight excluding hydrogens is 284 g/mol. The Balaban J connectivity index is 2.22. The molecule has 0 atom stereocenters. The first kappa shape index (κ1) is 13.9. The summed E-state index contributed by atoms with van der Waals surface area (Å²) in [6.45, 7) is -0.0379. The van der Waals surface area contributed by atoms with Gasteiger partial charge < -0.3 is 5.11 Å². The van der Waals surface area contributed by atoms with Crippen LogP contribution in [0.15, 0.2) is 46.8 Å². The molecular formula is C12H9ClN4O3. The van der Waals surface area contributed by atoms with Crippen LogP contribution in [0.25, 0.3) is 0 Å². The Bertz CT molecular complexity index is 661. The van der Waals surface area contributed by atoms with Gasteiger partial charge in [-0.05, 0) is 18.2 Å². The van der Waals surface area contributed by atoms with Crippen LogP contribution in [0.5, 0.6) is 5.75 Å². The summed E-state index contributed by atoms with van der Waals surface area (Å²) in [5.74, 6) is -0.0529. The van der Waals surface area contributed by atoms with Crippen LogP contribution in [0, 0.1) is 10.1 Å². The molecule has 0 spiro atoms. The van der Waals surface area contributed by atoms with Crippen LogP contribution < -0.4 is 0 Å². The van der Waals surface area contributed by atoms with Crippen LogP contribution in [0.2, 0.25) is 5.02 Å². The molecule has 8 heteroatoms. The lowest BCUT2D eigenvalue weighted by Crippen LogP contribution is -1.92. The van der Waals surface area contributed by atoms with Crippen molar-refractivity contribution >= 4 is 23.1 Å². The monoisotopic (exact) mass is 292 g/mol. The van der Waals surface area contributed by atoms with Gasteiger partial charge >= 0.3 is 5.69 Å². The van der Waals surface area contributed by atoms with Gasteiger partial charge in [0.05, 0.1) is 11.5 Å². The van der Waals surface area contributed by atoms with Crippen LogP contribution in [-0.2, 0) is 6.54 Å². The number of phenols is 1. The quantitative estimate of drug-likeness (QED) is 0.528. The van der Waals surface area contributed by atoms with E-state index in [-0.39, 0.29) is 17.1 Å². The maximum Gasteiger partial charge on any atom is 0.312 e.